The number of halogens is 2. The molecule has 1 heterocycles. The molecule has 2 aromatic rings. The first-order chi connectivity index (χ1) is 8.90. The van der Waals surface area contributed by atoms with E-state index in [4.69, 9.17) is 17.3 Å². The number of anilines is 2. The summed E-state index contributed by atoms with van der Waals surface area (Å²) < 4.78 is 39.7. The molecule has 0 fully saturated rings. The average Bonchev–Trinajstić information content (AvgIpc) is 2.34. The SMILES string of the molecule is Nc1cc(Cl)cc(S(=O)(=O)Nc2ncccn2)c1F. The summed E-state index contributed by atoms with van der Waals surface area (Å²) in [4.78, 5) is 6.69. The van der Waals surface area contributed by atoms with Crippen molar-refractivity contribution in [3.05, 3.63) is 41.4 Å². The molecule has 0 atom stereocenters. The van der Waals surface area contributed by atoms with Crippen LogP contribution in [0.3, 0.4) is 0 Å². The lowest BCUT2D eigenvalue weighted by molar-refractivity contribution is 0.572. The van der Waals surface area contributed by atoms with Crippen LogP contribution >= 0.6 is 11.6 Å². The summed E-state index contributed by atoms with van der Waals surface area (Å²) in [6.45, 7) is 0. The van der Waals surface area contributed by atoms with Crippen LogP contribution in [0.1, 0.15) is 0 Å². The monoisotopic (exact) mass is 302 g/mol. The van der Waals surface area contributed by atoms with E-state index < -0.39 is 20.7 Å². The third kappa shape index (κ3) is 2.91. The van der Waals surface area contributed by atoms with Crippen molar-refractivity contribution in [2.45, 2.75) is 4.90 Å². The largest absolute Gasteiger partial charge is 0.396 e. The summed E-state index contributed by atoms with van der Waals surface area (Å²) in [5.41, 5.74) is 4.97. The van der Waals surface area contributed by atoms with Gasteiger partial charge in [0.25, 0.3) is 10.0 Å². The number of benzene rings is 1. The van der Waals surface area contributed by atoms with Gasteiger partial charge in [-0.25, -0.2) is 27.5 Å². The van der Waals surface area contributed by atoms with E-state index in [2.05, 4.69) is 9.97 Å². The van der Waals surface area contributed by atoms with Crippen molar-refractivity contribution in [3.63, 3.8) is 0 Å². The molecule has 6 nitrogen and oxygen atoms in total. The van der Waals surface area contributed by atoms with Gasteiger partial charge in [-0.1, -0.05) is 11.6 Å². The maximum Gasteiger partial charge on any atom is 0.267 e. The highest BCUT2D eigenvalue weighted by atomic mass is 35.5. The highest BCUT2D eigenvalue weighted by Gasteiger charge is 2.22. The molecule has 0 aliphatic rings. The van der Waals surface area contributed by atoms with Crippen LogP contribution in [0.25, 0.3) is 0 Å². The van der Waals surface area contributed by atoms with Crippen LogP contribution in [-0.2, 0) is 10.0 Å². The number of aromatic nitrogens is 2. The van der Waals surface area contributed by atoms with E-state index in [9.17, 15) is 12.8 Å². The van der Waals surface area contributed by atoms with Gasteiger partial charge >= 0.3 is 0 Å². The van der Waals surface area contributed by atoms with Crippen LogP contribution in [0, 0.1) is 5.82 Å². The van der Waals surface area contributed by atoms with Crippen LogP contribution < -0.4 is 10.5 Å². The highest BCUT2D eigenvalue weighted by molar-refractivity contribution is 7.92. The van der Waals surface area contributed by atoms with Crippen molar-refractivity contribution < 1.29 is 12.8 Å². The number of hydrogen-bond donors (Lipinski definition) is 2. The Bertz CT molecular complexity index is 709. The zero-order valence-corrected chi connectivity index (χ0v) is 10.9. The van der Waals surface area contributed by atoms with Crippen LogP contribution in [-0.4, -0.2) is 18.4 Å². The summed E-state index contributed by atoms with van der Waals surface area (Å²) in [6.07, 6.45) is 2.68. The van der Waals surface area contributed by atoms with Gasteiger partial charge in [-0.2, -0.15) is 0 Å². The van der Waals surface area contributed by atoms with E-state index in [0.717, 1.165) is 12.1 Å². The smallest absolute Gasteiger partial charge is 0.267 e. The van der Waals surface area contributed by atoms with Crippen LogP contribution in [0.2, 0.25) is 5.02 Å². The third-order valence-electron chi connectivity index (χ3n) is 2.11. The molecule has 0 aliphatic carbocycles. The van der Waals surface area contributed by atoms with Crippen molar-refractivity contribution in [2.75, 3.05) is 10.5 Å². The Balaban J connectivity index is 2.46. The summed E-state index contributed by atoms with van der Waals surface area (Å²) in [6, 6.07) is 3.59. The molecule has 0 amide bonds. The van der Waals surface area contributed by atoms with E-state index in [-0.39, 0.29) is 16.7 Å². The zero-order chi connectivity index (χ0) is 14.0. The van der Waals surface area contributed by atoms with Gasteiger partial charge in [0.05, 0.1) is 5.69 Å². The lowest BCUT2D eigenvalue weighted by Gasteiger charge is -2.09. The van der Waals surface area contributed by atoms with Crippen molar-refractivity contribution in [1.29, 1.82) is 0 Å². The number of nitrogens with zero attached hydrogens (tertiary/aromatic N) is 2. The predicted octanol–water partition coefficient (Wildman–Crippen LogP) is 1.65. The Morgan fingerprint density at radius 3 is 2.53 bits per heavy atom. The fourth-order valence-electron chi connectivity index (χ4n) is 1.31. The van der Waals surface area contributed by atoms with Crippen molar-refractivity contribution in [3.8, 4) is 0 Å². The average molecular weight is 303 g/mol. The van der Waals surface area contributed by atoms with Crippen molar-refractivity contribution >= 4 is 33.3 Å². The van der Waals surface area contributed by atoms with Crippen molar-refractivity contribution in [1.82, 2.24) is 9.97 Å². The molecule has 1 aromatic heterocycles. The minimum absolute atomic E-state index is 0.00764. The molecule has 100 valence electrons. The second kappa shape index (κ2) is 4.98. The van der Waals surface area contributed by atoms with Gasteiger partial charge in [-0.15, -0.1) is 0 Å². The van der Waals surface area contributed by atoms with E-state index >= 15 is 0 Å². The van der Waals surface area contributed by atoms with Gasteiger partial charge in [0.15, 0.2) is 5.82 Å². The van der Waals surface area contributed by atoms with E-state index in [1.54, 1.807) is 0 Å². The standard InChI is InChI=1S/C10H8ClFN4O2S/c11-6-4-7(13)9(12)8(5-6)19(17,18)16-10-14-2-1-3-15-10/h1-5H,13H2,(H,14,15,16). The second-order valence-electron chi connectivity index (χ2n) is 3.49. The van der Waals surface area contributed by atoms with Crippen LogP contribution in [0.5, 0.6) is 0 Å². The Labute approximate surface area is 113 Å². The normalized spacial score (nSPS) is 11.3. The number of hydrogen-bond acceptors (Lipinski definition) is 5. The summed E-state index contributed by atoms with van der Waals surface area (Å²) in [7, 11) is -4.20. The molecule has 0 aliphatic heterocycles. The molecule has 2 rings (SSSR count). The summed E-state index contributed by atoms with van der Waals surface area (Å²) in [5, 5.41) is 0.00764. The number of nitrogens with one attached hydrogen (secondary N) is 1. The van der Waals surface area contributed by atoms with Gasteiger partial charge in [-0.3, -0.25) is 0 Å². The maximum absolute atomic E-state index is 13.7. The van der Waals surface area contributed by atoms with E-state index in [0.29, 0.717) is 0 Å². The lowest BCUT2D eigenvalue weighted by atomic mass is 10.3. The quantitative estimate of drug-likeness (QED) is 0.840. The lowest BCUT2D eigenvalue weighted by Crippen LogP contribution is -2.17. The summed E-state index contributed by atoms with van der Waals surface area (Å²) in [5.74, 6) is -1.26. The molecule has 3 N–H and O–H groups in total. The van der Waals surface area contributed by atoms with Crippen LogP contribution in [0.4, 0.5) is 16.0 Å². The van der Waals surface area contributed by atoms with Gasteiger partial charge in [0, 0.05) is 17.4 Å². The first kappa shape index (κ1) is 13.5. The van der Waals surface area contributed by atoms with Crippen LogP contribution in [0.15, 0.2) is 35.5 Å². The molecule has 0 spiro atoms. The predicted molar refractivity (Wildman–Crippen MR) is 68.7 cm³/mol. The van der Waals surface area contributed by atoms with E-state index in [1.807, 2.05) is 4.72 Å². The number of nitrogen functional groups attached to an aromatic ring is 1. The molecule has 0 saturated carbocycles. The number of sulfonamides is 1. The molecule has 9 heteroatoms. The Morgan fingerprint density at radius 2 is 1.89 bits per heavy atom. The van der Waals surface area contributed by atoms with Gasteiger partial charge in [0.1, 0.15) is 4.90 Å². The molecule has 1 aromatic carbocycles. The molecule has 0 saturated heterocycles. The fraction of sp³-hybridized carbons (Fsp3) is 0. The van der Waals surface area contributed by atoms with Gasteiger partial charge < -0.3 is 5.73 Å². The molecule has 0 bridgehead atoms. The van der Waals surface area contributed by atoms with Crippen molar-refractivity contribution in [2.24, 2.45) is 0 Å². The second-order valence-corrected chi connectivity index (χ2v) is 5.57. The number of nitrogens with two attached hydrogens (primary N) is 1. The van der Waals surface area contributed by atoms with Gasteiger partial charge in [0.2, 0.25) is 5.95 Å². The summed E-state index contributed by atoms with van der Waals surface area (Å²) >= 11 is 5.66. The Kier molecular flexibility index (Phi) is 3.54. The minimum atomic E-state index is -4.20. The first-order valence-corrected chi connectivity index (χ1v) is 6.80. The number of rotatable bonds is 3. The Morgan fingerprint density at radius 1 is 1.26 bits per heavy atom. The third-order valence-corrected chi connectivity index (χ3v) is 3.66. The molecule has 19 heavy (non-hydrogen) atoms. The minimum Gasteiger partial charge on any atom is -0.396 e. The Hall–Kier alpha value is -1.93. The maximum atomic E-state index is 13.7. The van der Waals surface area contributed by atoms with Gasteiger partial charge in [-0.05, 0) is 18.2 Å². The fourth-order valence-corrected chi connectivity index (χ4v) is 2.69. The van der Waals surface area contributed by atoms with E-state index in [1.165, 1.54) is 18.5 Å². The zero-order valence-electron chi connectivity index (χ0n) is 9.34. The molecule has 0 unspecified atom stereocenters. The highest BCUT2D eigenvalue weighted by Crippen LogP contribution is 2.26. The first-order valence-electron chi connectivity index (χ1n) is 4.94. The topological polar surface area (TPSA) is 98.0 Å². The molecule has 0 radical (unpaired) electrons. The molecular weight excluding hydrogens is 295 g/mol. The molecular formula is C10H8ClFN4O2S.